The molecule has 0 heterocycles. The molecule has 5 atom stereocenters. The molecule has 3 unspecified atom stereocenters. The lowest BCUT2D eigenvalue weighted by molar-refractivity contribution is 0.189. The van der Waals surface area contributed by atoms with E-state index in [4.69, 9.17) is 0 Å². The van der Waals surface area contributed by atoms with Crippen molar-refractivity contribution in [1.29, 1.82) is 0 Å². The Balaban J connectivity index is 1.82. The van der Waals surface area contributed by atoms with Gasteiger partial charge in [0.05, 0.1) is 14.2 Å². The average molecular weight is 493 g/mol. The highest BCUT2D eigenvalue weighted by Crippen LogP contribution is 2.57. The third kappa shape index (κ3) is 5.83. The number of hydrogen-bond donors (Lipinski definition) is 1. The van der Waals surface area contributed by atoms with Crippen molar-refractivity contribution in [3.05, 3.63) is 47.1 Å². The molecular weight excluding hydrogens is 440 g/mol. The Morgan fingerprint density at radius 2 is 1.91 bits per heavy atom. The van der Waals surface area contributed by atoms with E-state index < -0.39 is 14.2 Å². The summed E-state index contributed by atoms with van der Waals surface area (Å²) in [6, 6.07) is 0. The lowest BCUT2D eigenvalue weighted by Crippen LogP contribution is -2.45. The Bertz CT molecular complexity index is 957. The van der Waals surface area contributed by atoms with Crippen LogP contribution in [-0.2, 0) is 0 Å². The van der Waals surface area contributed by atoms with Crippen LogP contribution in [0.2, 0.25) is 23.7 Å². The second kappa shape index (κ2) is 10.6. The fourth-order valence-corrected chi connectivity index (χ4v) is 9.56. The van der Waals surface area contributed by atoms with E-state index in [1.807, 2.05) is 0 Å². The van der Waals surface area contributed by atoms with E-state index in [1.54, 1.807) is 11.1 Å². The van der Waals surface area contributed by atoms with Crippen molar-refractivity contribution >= 4 is 8.07 Å². The normalized spacial score (nSPS) is 32.9. The maximum absolute atomic E-state index is 10.9. The highest BCUT2D eigenvalue weighted by Gasteiger charge is 2.47. The summed E-state index contributed by atoms with van der Waals surface area (Å²) in [7, 11) is -1.54. The standard InChI is InChI=1S/C33H52OSi/c1-23(2)13-11-14-24(3)29-18-19-30-26(15-12-20-33(29,30)8)16-17-27-21-28(22-31(34)25(27)4)35(9,10)32(5,6)7/h16-18,23-24,28,30-31,34H,4,12,14-15,19-22H2,1-3,5-10H3/t24-,28?,30?,31?,33-/m1/s1. The summed E-state index contributed by atoms with van der Waals surface area (Å²) in [4.78, 5) is 0. The Labute approximate surface area is 218 Å². The summed E-state index contributed by atoms with van der Waals surface area (Å²) in [6.45, 7) is 25.8. The molecule has 2 saturated carbocycles. The van der Waals surface area contributed by atoms with E-state index in [9.17, 15) is 5.11 Å². The van der Waals surface area contributed by atoms with Crippen LogP contribution in [0.4, 0.5) is 0 Å². The van der Waals surface area contributed by atoms with Gasteiger partial charge in [0.25, 0.3) is 0 Å². The SMILES string of the molecule is C=C1C(=CC=C2CCC[C@]3(C)C([C@H](C)CC#CC(C)C)=CCC23)CC([Si](C)(C)C(C)(C)C)CC1O. The van der Waals surface area contributed by atoms with Gasteiger partial charge in [0, 0.05) is 12.3 Å². The molecule has 3 aliphatic carbocycles. The molecule has 35 heavy (non-hydrogen) atoms. The molecule has 0 aliphatic heterocycles. The molecule has 3 rings (SSSR count). The van der Waals surface area contributed by atoms with Crippen LogP contribution in [-0.4, -0.2) is 19.3 Å². The Morgan fingerprint density at radius 1 is 1.23 bits per heavy atom. The van der Waals surface area contributed by atoms with Gasteiger partial charge in [-0.05, 0) is 77.5 Å². The topological polar surface area (TPSA) is 20.2 Å². The van der Waals surface area contributed by atoms with Crippen molar-refractivity contribution in [2.45, 2.75) is 123 Å². The van der Waals surface area contributed by atoms with Crippen molar-refractivity contribution in [1.82, 2.24) is 0 Å². The monoisotopic (exact) mass is 492 g/mol. The van der Waals surface area contributed by atoms with Gasteiger partial charge in [-0.15, -0.1) is 11.8 Å². The van der Waals surface area contributed by atoms with Gasteiger partial charge >= 0.3 is 0 Å². The summed E-state index contributed by atoms with van der Waals surface area (Å²) in [5.74, 6) is 8.40. The Hall–Kier alpha value is -1.30. The molecule has 2 fully saturated rings. The van der Waals surface area contributed by atoms with Gasteiger partial charge in [-0.1, -0.05) is 97.5 Å². The molecule has 0 aromatic heterocycles. The van der Waals surface area contributed by atoms with Gasteiger partial charge < -0.3 is 5.11 Å². The molecule has 0 spiro atoms. The third-order valence-electron chi connectivity index (χ3n) is 10.2. The van der Waals surface area contributed by atoms with E-state index in [2.05, 4.69) is 98.2 Å². The van der Waals surface area contributed by atoms with Crippen LogP contribution < -0.4 is 0 Å². The quantitative estimate of drug-likeness (QED) is 0.235. The molecule has 0 saturated heterocycles. The predicted molar refractivity (Wildman–Crippen MR) is 156 cm³/mol. The zero-order valence-corrected chi connectivity index (χ0v) is 25.2. The van der Waals surface area contributed by atoms with Crippen molar-refractivity contribution in [3.63, 3.8) is 0 Å². The smallest absolute Gasteiger partial charge is 0.0787 e. The number of hydrogen-bond acceptors (Lipinski definition) is 1. The summed E-state index contributed by atoms with van der Waals surface area (Å²) in [6.07, 6.45) is 14.8. The summed E-state index contributed by atoms with van der Waals surface area (Å²) < 4.78 is 0. The van der Waals surface area contributed by atoms with E-state index in [-0.39, 0.29) is 5.41 Å². The molecule has 0 radical (unpaired) electrons. The van der Waals surface area contributed by atoms with Gasteiger partial charge in [-0.2, -0.15) is 0 Å². The zero-order valence-electron chi connectivity index (χ0n) is 24.2. The number of aliphatic hydroxyl groups excluding tert-OH is 1. The Morgan fingerprint density at radius 3 is 2.54 bits per heavy atom. The molecule has 0 bridgehead atoms. The van der Waals surface area contributed by atoms with Crippen LogP contribution in [0.1, 0.15) is 93.4 Å². The van der Waals surface area contributed by atoms with Gasteiger partial charge in [0.15, 0.2) is 0 Å². The summed E-state index contributed by atoms with van der Waals surface area (Å²) >= 11 is 0. The average Bonchev–Trinajstić information content (AvgIpc) is 3.11. The molecule has 2 heteroatoms. The van der Waals surface area contributed by atoms with Crippen molar-refractivity contribution in [2.75, 3.05) is 0 Å². The van der Waals surface area contributed by atoms with Crippen LogP contribution >= 0.6 is 0 Å². The first-order chi connectivity index (χ1) is 16.2. The number of rotatable bonds is 4. The maximum Gasteiger partial charge on any atom is 0.0787 e. The van der Waals surface area contributed by atoms with E-state index >= 15 is 0 Å². The highest BCUT2D eigenvalue weighted by molar-refractivity contribution is 6.81. The van der Waals surface area contributed by atoms with Crippen molar-refractivity contribution in [3.8, 4) is 11.8 Å². The highest BCUT2D eigenvalue weighted by atomic mass is 28.3. The van der Waals surface area contributed by atoms with Crippen molar-refractivity contribution in [2.24, 2.45) is 23.2 Å². The second-order valence-electron chi connectivity index (χ2n) is 13.9. The largest absolute Gasteiger partial charge is 0.388 e. The predicted octanol–water partition coefficient (Wildman–Crippen LogP) is 9.25. The zero-order chi connectivity index (χ0) is 26.2. The van der Waals surface area contributed by atoms with Gasteiger partial charge in [-0.25, -0.2) is 0 Å². The van der Waals surface area contributed by atoms with Gasteiger partial charge in [0.2, 0.25) is 0 Å². The Kier molecular flexibility index (Phi) is 8.55. The van der Waals surface area contributed by atoms with Crippen LogP contribution in [0.3, 0.4) is 0 Å². The fraction of sp³-hybridized carbons (Fsp3) is 0.697. The molecule has 1 nitrogen and oxygen atoms in total. The molecule has 0 aromatic carbocycles. The van der Waals surface area contributed by atoms with Gasteiger partial charge in [-0.3, -0.25) is 0 Å². The first-order valence-electron chi connectivity index (χ1n) is 14.1. The minimum atomic E-state index is -1.54. The fourth-order valence-electron chi connectivity index (χ4n) is 6.79. The molecule has 0 amide bonds. The molecule has 1 N–H and O–H groups in total. The minimum absolute atomic E-state index is 0.272. The first kappa shape index (κ1) is 28.3. The maximum atomic E-state index is 10.9. The summed E-state index contributed by atoms with van der Waals surface area (Å²) in [5, 5.41) is 11.2. The minimum Gasteiger partial charge on any atom is -0.388 e. The third-order valence-corrected chi connectivity index (χ3v) is 16.5. The lowest BCUT2D eigenvalue weighted by atomic mass is 9.62. The van der Waals surface area contributed by atoms with Crippen molar-refractivity contribution < 1.29 is 5.11 Å². The molecular formula is C33H52OSi. The first-order valence-corrected chi connectivity index (χ1v) is 17.2. The lowest BCUT2D eigenvalue weighted by Gasteiger charge is -2.47. The summed E-state index contributed by atoms with van der Waals surface area (Å²) in [5.41, 5.74) is 6.37. The molecule has 3 aliphatic rings. The number of allylic oxidation sites excluding steroid dienone is 5. The number of aliphatic hydroxyl groups is 1. The second-order valence-corrected chi connectivity index (χ2v) is 19.6. The van der Waals surface area contributed by atoms with Crippen LogP contribution in [0, 0.1) is 35.0 Å². The van der Waals surface area contributed by atoms with Crippen LogP contribution in [0.15, 0.2) is 47.1 Å². The molecule has 194 valence electrons. The molecule has 0 aromatic rings. The van der Waals surface area contributed by atoms with E-state index in [0.717, 1.165) is 24.8 Å². The van der Waals surface area contributed by atoms with Crippen LogP contribution in [0.5, 0.6) is 0 Å². The van der Waals surface area contributed by atoms with Crippen LogP contribution in [0.25, 0.3) is 0 Å². The van der Waals surface area contributed by atoms with E-state index in [0.29, 0.717) is 28.3 Å². The number of fused-ring (bicyclic) bond motifs is 1. The van der Waals surface area contributed by atoms with E-state index in [1.165, 1.54) is 31.3 Å². The van der Waals surface area contributed by atoms with Gasteiger partial charge in [0.1, 0.15) is 0 Å².